The summed E-state index contributed by atoms with van der Waals surface area (Å²) in [6, 6.07) is 5.37. The fourth-order valence-corrected chi connectivity index (χ4v) is 3.42. The first-order valence-corrected chi connectivity index (χ1v) is 7.82. The smallest absolute Gasteiger partial charge is 0.131 e. The molecule has 0 spiro atoms. The molecule has 3 nitrogen and oxygen atoms in total. The van der Waals surface area contributed by atoms with Crippen LogP contribution in [0.4, 0.5) is 0 Å². The summed E-state index contributed by atoms with van der Waals surface area (Å²) in [6.45, 7) is 4.41. The Morgan fingerprint density at radius 2 is 2.05 bits per heavy atom. The molecule has 0 aliphatic carbocycles. The molecule has 2 aromatic rings. The monoisotopic (exact) mass is 376 g/mol. The van der Waals surface area contributed by atoms with Gasteiger partial charge in [-0.3, -0.25) is 4.68 Å². The molecular weight excluding hydrogens is 363 g/mol. The maximum absolute atomic E-state index is 11.0. The Bertz CT molecular complexity index is 626. The Morgan fingerprint density at radius 3 is 2.65 bits per heavy atom. The van der Waals surface area contributed by atoms with E-state index in [9.17, 15) is 5.11 Å². The molecule has 0 radical (unpaired) electrons. The third-order valence-corrected chi connectivity index (χ3v) is 4.23. The van der Waals surface area contributed by atoms with Crippen molar-refractivity contribution in [3.8, 4) is 0 Å². The number of benzene rings is 1. The van der Waals surface area contributed by atoms with Crippen molar-refractivity contribution >= 4 is 39.1 Å². The van der Waals surface area contributed by atoms with Crippen LogP contribution in [0.25, 0.3) is 0 Å². The Labute approximate surface area is 136 Å². The Hall–Kier alpha value is -0.550. The molecule has 0 fully saturated rings. The second-order valence-corrected chi connectivity index (χ2v) is 6.49. The van der Waals surface area contributed by atoms with Gasteiger partial charge < -0.3 is 5.11 Å². The van der Waals surface area contributed by atoms with Crippen molar-refractivity contribution in [2.45, 2.75) is 32.4 Å². The van der Waals surface area contributed by atoms with Gasteiger partial charge in [0, 0.05) is 21.6 Å². The lowest BCUT2D eigenvalue weighted by Gasteiger charge is -2.26. The predicted octanol–water partition coefficient (Wildman–Crippen LogP) is 4.62. The first kappa shape index (κ1) is 15.8. The quantitative estimate of drug-likeness (QED) is 0.844. The van der Waals surface area contributed by atoms with Gasteiger partial charge in [-0.15, -0.1) is 0 Å². The number of nitrogens with zero attached hydrogens (tertiary/aromatic N) is 2. The van der Waals surface area contributed by atoms with E-state index in [-0.39, 0.29) is 0 Å². The highest BCUT2D eigenvalue weighted by atomic mass is 79.9. The Kier molecular flexibility index (Phi) is 4.80. The molecule has 1 unspecified atom stereocenters. The lowest BCUT2D eigenvalue weighted by molar-refractivity contribution is 0.0916. The third-order valence-electron chi connectivity index (χ3n) is 3.15. The van der Waals surface area contributed by atoms with E-state index in [0.717, 1.165) is 10.9 Å². The van der Waals surface area contributed by atoms with Gasteiger partial charge in [-0.2, -0.15) is 5.10 Å². The SMILES string of the molecule is CCCn1ncc(Cl)c1C(C)(O)c1ccc(Br)cc1Cl. The van der Waals surface area contributed by atoms with E-state index in [2.05, 4.69) is 21.0 Å². The summed E-state index contributed by atoms with van der Waals surface area (Å²) >= 11 is 15.8. The van der Waals surface area contributed by atoms with Gasteiger partial charge in [0.15, 0.2) is 0 Å². The number of aryl methyl sites for hydroxylation is 1. The zero-order chi connectivity index (χ0) is 14.9. The van der Waals surface area contributed by atoms with E-state index < -0.39 is 5.60 Å². The van der Waals surface area contributed by atoms with Crippen molar-refractivity contribution in [2.24, 2.45) is 0 Å². The van der Waals surface area contributed by atoms with E-state index in [1.165, 1.54) is 0 Å². The van der Waals surface area contributed by atoms with Crippen molar-refractivity contribution in [1.82, 2.24) is 9.78 Å². The molecule has 1 aromatic carbocycles. The Balaban J connectivity index is 2.57. The lowest BCUT2D eigenvalue weighted by Crippen LogP contribution is -2.28. The van der Waals surface area contributed by atoms with Crippen LogP contribution in [0.1, 0.15) is 31.5 Å². The van der Waals surface area contributed by atoms with Crippen molar-refractivity contribution in [3.63, 3.8) is 0 Å². The second-order valence-electron chi connectivity index (χ2n) is 4.76. The number of rotatable bonds is 4. The summed E-state index contributed by atoms with van der Waals surface area (Å²) in [5.41, 5.74) is -0.145. The van der Waals surface area contributed by atoms with E-state index in [4.69, 9.17) is 23.2 Å². The van der Waals surface area contributed by atoms with Crippen LogP contribution in [0.5, 0.6) is 0 Å². The fourth-order valence-electron chi connectivity index (χ4n) is 2.24. The number of aromatic nitrogens is 2. The van der Waals surface area contributed by atoms with Crippen LogP contribution in [0, 0.1) is 0 Å². The maximum Gasteiger partial charge on any atom is 0.131 e. The molecule has 6 heteroatoms. The number of hydrogen-bond donors (Lipinski definition) is 1. The van der Waals surface area contributed by atoms with Crippen LogP contribution in [-0.2, 0) is 12.1 Å². The fraction of sp³-hybridized carbons (Fsp3) is 0.357. The van der Waals surface area contributed by atoms with E-state index in [1.54, 1.807) is 29.9 Å². The van der Waals surface area contributed by atoms with Crippen molar-refractivity contribution < 1.29 is 5.11 Å². The van der Waals surface area contributed by atoms with Gasteiger partial charge in [0.05, 0.1) is 16.9 Å². The number of halogens is 3. The van der Waals surface area contributed by atoms with Crippen LogP contribution in [0.3, 0.4) is 0 Å². The average molecular weight is 378 g/mol. The van der Waals surface area contributed by atoms with Gasteiger partial charge in [-0.05, 0) is 25.5 Å². The maximum atomic E-state index is 11.0. The van der Waals surface area contributed by atoms with Crippen LogP contribution >= 0.6 is 39.1 Å². The molecule has 0 aliphatic heterocycles. The summed E-state index contributed by atoms with van der Waals surface area (Å²) < 4.78 is 2.58. The molecule has 20 heavy (non-hydrogen) atoms. The van der Waals surface area contributed by atoms with Crippen molar-refractivity contribution in [3.05, 3.63) is 50.2 Å². The minimum atomic E-state index is -1.31. The minimum absolute atomic E-state index is 0.433. The lowest BCUT2D eigenvalue weighted by atomic mass is 9.92. The molecule has 1 aromatic heterocycles. The van der Waals surface area contributed by atoms with E-state index in [1.807, 2.05) is 13.0 Å². The standard InChI is InChI=1S/C14H15BrCl2N2O/c1-3-6-19-13(12(17)8-18-19)14(2,20)10-5-4-9(15)7-11(10)16/h4-5,7-8,20H,3,6H2,1-2H3. The number of hydrogen-bond acceptors (Lipinski definition) is 2. The normalized spacial score (nSPS) is 14.3. The third kappa shape index (κ3) is 2.89. The average Bonchev–Trinajstić information content (AvgIpc) is 2.71. The van der Waals surface area contributed by atoms with Gasteiger partial charge in [-0.1, -0.05) is 52.1 Å². The predicted molar refractivity (Wildman–Crippen MR) is 85.4 cm³/mol. The molecule has 1 heterocycles. The van der Waals surface area contributed by atoms with Crippen LogP contribution < -0.4 is 0 Å². The molecule has 0 aliphatic rings. The molecule has 0 bridgehead atoms. The molecule has 108 valence electrons. The van der Waals surface area contributed by atoms with Crippen molar-refractivity contribution in [1.29, 1.82) is 0 Å². The van der Waals surface area contributed by atoms with Gasteiger partial charge >= 0.3 is 0 Å². The van der Waals surface area contributed by atoms with Crippen LogP contribution in [0.2, 0.25) is 10.0 Å². The summed E-state index contributed by atoms with van der Waals surface area (Å²) in [5, 5.41) is 16.1. The molecule has 0 saturated carbocycles. The van der Waals surface area contributed by atoms with Gasteiger partial charge in [0.1, 0.15) is 5.60 Å². The Morgan fingerprint density at radius 1 is 1.35 bits per heavy atom. The summed E-state index contributed by atoms with van der Waals surface area (Å²) in [6.07, 6.45) is 2.45. The topological polar surface area (TPSA) is 38.0 Å². The van der Waals surface area contributed by atoms with Crippen molar-refractivity contribution in [2.75, 3.05) is 0 Å². The summed E-state index contributed by atoms with van der Waals surface area (Å²) in [7, 11) is 0. The molecular formula is C14H15BrCl2N2O. The first-order valence-electron chi connectivity index (χ1n) is 6.27. The minimum Gasteiger partial charge on any atom is -0.379 e. The highest BCUT2D eigenvalue weighted by Crippen LogP contribution is 2.38. The first-order chi connectivity index (χ1) is 9.37. The summed E-state index contributed by atoms with van der Waals surface area (Å²) in [5.74, 6) is 0. The highest BCUT2D eigenvalue weighted by molar-refractivity contribution is 9.10. The largest absolute Gasteiger partial charge is 0.379 e. The zero-order valence-corrected chi connectivity index (χ0v) is 14.3. The molecule has 1 atom stereocenters. The zero-order valence-electron chi connectivity index (χ0n) is 11.2. The van der Waals surface area contributed by atoms with Crippen LogP contribution in [0.15, 0.2) is 28.9 Å². The highest BCUT2D eigenvalue weighted by Gasteiger charge is 2.34. The van der Waals surface area contributed by atoms with E-state index in [0.29, 0.717) is 27.8 Å². The number of aliphatic hydroxyl groups is 1. The molecule has 0 amide bonds. The van der Waals surface area contributed by atoms with Gasteiger partial charge in [0.25, 0.3) is 0 Å². The van der Waals surface area contributed by atoms with Gasteiger partial charge in [0.2, 0.25) is 0 Å². The molecule has 0 saturated heterocycles. The van der Waals surface area contributed by atoms with Gasteiger partial charge in [-0.25, -0.2) is 0 Å². The second kappa shape index (κ2) is 6.06. The summed E-state index contributed by atoms with van der Waals surface area (Å²) in [4.78, 5) is 0. The molecule has 2 rings (SSSR count). The molecule has 1 N–H and O–H groups in total. The van der Waals surface area contributed by atoms with Crippen LogP contribution in [-0.4, -0.2) is 14.9 Å². The van der Waals surface area contributed by atoms with E-state index >= 15 is 0 Å².